The van der Waals surface area contributed by atoms with Crippen LogP contribution in [-0.4, -0.2) is 35.2 Å². The Morgan fingerprint density at radius 2 is 1.75 bits per heavy atom. The fourth-order valence-corrected chi connectivity index (χ4v) is 1.78. The number of likely N-dealkylation sites (tertiary alicyclic amines) is 1. The molecule has 16 heavy (non-hydrogen) atoms. The van der Waals surface area contributed by atoms with Crippen LogP contribution in [-0.2, 0) is 4.74 Å². The first-order valence-electron chi connectivity index (χ1n) is 5.71. The highest BCUT2D eigenvalue weighted by atomic mass is 16.6. The maximum Gasteiger partial charge on any atom is 0.410 e. The molecule has 2 N–H and O–H groups in total. The van der Waals surface area contributed by atoms with Crippen molar-refractivity contribution in [1.29, 1.82) is 0 Å². The number of hydrogen-bond acceptors (Lipinski definition) is 3. The molecule has 1 rings (SSSR count). The number of carbonyl (C=O) groups is 1. The molecule has 0 bridgehead atoms. The first-order valence-corrected chi connectivity index (χ1v) is 5.71. The van der Waals surface area contributed by atoms with Crippen molar-refractivity contribution in [3.05, 3.63) is 0 Å². The minimum atomic E-state index is -0.450. The fraction of sp³-hybridized carbons (Fsp3) is 0.917. The van der Waals surface area contributed by atoms with E-state index in [4.69, 9.17) is 10.5 Å². The zero-order valence-corrected chi connectivity index (χ0v) is 11.3. The third-order valence-corrected chi connectivity index (χ3v) is 3.30. The van der Waals surface area contributed by atoms with E-state index in [9.17, 15) is 4.79 Å². The van der Waals surface area contributed by atoms with Crippen molar-refractivity contribution in [3.63, 3.8) is 0 Å². The zero-order valence-electron chi connectivity index (χ0n) is 11.3. The Hall–Kier alpha value is -0.770. The zero-order chi connectivity index (χ0) is 12.8. The van der Waals surface area contributed by atoms with Crippen LogP contribution in [0.4, 0.5) is 4.79 Å². The Bertz CT molecular complexity index is 274. The Kier molecular flexibility index (Phi) is 3.01. The van der Waals surface area contributed by atoms with E-state index in [1.165, 1.54) is 0 Å². The summed E-state index contributed by atoms with van der Waals surface area (Å²) in [5, 5.41) is 0. The summed E-state index contributed by atoms with van der Waals surface area (Å²) in [4.78, 5) is 13.6. The smallest absolute Gasteiger partial charge is 0.410 e. The van der Waals surface area contributed by atoms with Gasteiger partial charge in [-0.1, -0.05) is 13.8 Å². The van der Waals surface area contributed by atoms with Gasteiger partial charge in [-0.2, -0.15) is 0 Å². The first kappa shape index (κ1) is 13.3. The Balaban J connectivity index is 2.70. The average molecular weight is 228 g/mol. The van der Waals surface area contributed by atoms with Gasteiger partial charge in [0, 0.05) is 24.0 Å². The van der Waals surface area contributed by atoms with Crippen LogP contribution < -0.4 is 5.73 Å². The molecule has 1 heterocycles. The van der Waals surface area contributed by atoms with Gasteiger partial charge >= 0.3 is 6.09 Å². The lowest BCUT2D eigenvalue weighted by atomic mass is 9.77. The third kappa shape index (κ3) is 2.67. The fourth-order valence-electron chi connectivity index (χ4n) is 1.78. The van der Waals surface area contributed by atoms with Crippen LogP contribution in [0.2, 0.25) is 0 Å². The predicted octanol–water partition coefficient (Wildman–Crippen LogP) is 1.98. The summed E-state index contributed by atoms with van der Waals surface area (Å²) in [7, 11) is 0. The summed E-state index contributed by atoms with van der Waals surface area (Å²) in [6, 6.07) is 0. The molecule has 0 aromatic carbocycles. The number of hydrogen-bond donors (Lipinski definition) is 1. The van der Waals surface area contributed by atoms with Gasteiger partial charge in [0.15, 0.2) is 0 Å². The molecular formula is C12H24N2O2. The molecule has 1 unspecified atom stereocenters. The highest BCUT2D eigenvalue weighted by molar-refractivity contribution is 5.69. The topological polar surface area (TPSA) is 55.6 Å². The van der Waals surface area contributed by atoms with E-state index in [0.717, 1.165) is 0 Å². The minimum Gasteiger partial charge on any atom is -0.444 e. The SMILES string of the molecule is CC(C)(C)OC(=O)N1CC(C)(C)C(C)(N)C1. The number of rotatable bonds is 0. The Morgan fingerprint density at radius 3 is 2.06 bits per heavy atom. The van der Waals surface area contributed by atoms with Gasteiger partial charge in [-0.15, -0.1) is 0 Å². The maximum absolute atomic E-state index is 11.9. The lowest BCUT2D eigenvalue weighted by Gasteiger charge is -2.32. The molecule has 1 saturated heterocycles. The van der Waals surface area contributed by atoms with E-state index in [1.54, 1.807) is 4.90 Å². The van der Waals surface area contributed by atoms with Crippen LogP contribution in [0.25, 0.3) is 0 Å². The van der Waals surface area contributed by atoms with Crippen molar-refractivity contribution >= 4 is 6.09 Å². The highest BCUT2D eigenvalue weighted by Gasteiger charge is 2.48. The van der Waals surface area contributed by atoms with Crippen molar-refractivity contribution in [3.8, 4) is 0 Å². The molecule has 0 aromatic heterocycles. The number of carbonyl (C=O) groups excluding carboxylic acids is 1. The summed E-state index contributed by atoms with van der Waals surface area (Å²) >= 11 is 0. The van der Waals surface area contributed by atoms with Crippen molar-refractivity contribution in [2.24, 2.45) is 11.1 Å². The molecule has 0 aromatic rings. The van der Waals surface area contributed by atoms with Crippen molar-refractivity contribution in [2.45, 2.75) is 52.7 Å². The molecule has 0 spiro atoms. The van der Waals surface area contributed by atoms with Crippen LogP contribution in [0.5, 0.6) is 0 Å². The molecule has 1 fully saturated rings. The summed E-state index contributed by atoms with van der Waals surface area (Å²) in [6.45, 7) is 12.9. The maximum atomic E-state index is 11.9. The summed E-state index contributed by atoms with van der Waals surface area (Å²) in [5.74, 6) is 0. The van der Waals surface area contributed by atoms with E-state index in [1.807, 2.05) is 27.7 Å². The molecule has 4 heteroatoms. The third-order valence-electron chi connectivity index (χ3n) is 3.30. The molecule has 1 atom stereocenters. The normalized spacial score (nSPS) is 29.3. The largest absolute Gasteiger partial charge is 0.444 e. The van der Waals surface area contributed by atoms with Crippen molar-refractivity contribution in [1.82, 2.24) is 4.90 Å². The highest BCUT2D eigenvalue weighted by Crippen LogP contribution is 2.37. The van der Waals surface area contributed by atoms with Gasteiger partial charge in [0.2, 0.25) is 0 Å². The number of ether oxygens (including phenoxy) is 1. The molecule has 0 aliphatic carbocycles. The number of nitrogens with two attached hydrogens (primary N) is 1. The molecule has 0 saturated carbocycles. The predicted molar refractivity (Wildman–Crippen MR) is 64.2 cm³/mol. The quantitative estimate of drug-likeness (QED) is 0.689. The second-order valence-corrected chi connectivity index (χ2v) is 6.64. The van der Waals surface area contributed by atoms with Gasteiger partial charge in [-0.3, -0.25) is 0 Å². The van der Waals surface area contributed by atoms with Crippen LogP contribution in [0.3, 0.4) is 0 Å². The van der Waals surface area contributed by atoms with Crippen molar-refractivity contribution < 1.29 is 9.53 Å². The molecule has 1 aliphatic rings. The van der Waals surface area contributed by atoms with Crippen LogP contribution >= 0.6 is 0 Å². The second kappa shape index (κ2) is 3.62. The summed E-state index contributed by atoms with van der Waals surface area (Å²) < 4.78 is 5.34. The van der Waals surface area contributed by atoms with E-state index < -0.39 is 5.60 Å². The molecule has 94 valence electrons. The van der Waals surface area contributed by atoms with Crippen LogP contribution in [0.1, 0.15) is 41.5 Å². The molecule has 0 radical (unpaired) electrons. The standard InChI is InChI=1S/C12H24N2O2/c1-10(2,3)16-9(15)14-7-11(4,5)12(6,13)8-14/h7-8,13H2,1-6H3. The molecule has 1 amide bonds. The van der Waals surface area contributed by atoms with E-state index in [2.05, 4.69) is 13.8 Å². The van der Waals surface area contributed by atoms with Gasteiger partial charge in [-0.25, -0.2) is 4.79 Å². The van der Waals surface area contributed by atoms with E-state index >= 15 is 0 Å². The lowest BCUT2D eigenvalue weighted by Crippen LogP contribution is -2.49. The summed E-state index contributed by atoms with van der Waals surface area (Å²) in [5.41, 5.74) is 5.31. The molecule has 1 aliphatic heterocycles. The lowest BCUT2D eigenvalue weighted by molar-refractivity contribution is 0.0276. The second-order valence-electron chi connectivity index (χ2n) is 6.64. The monoisotopic (exact) mass is 228 g/mol. The van der Waals surface area contributed by atoms with Gasteiger partial charge in [0.25, 0.3) is 0 Å². The van der Waals surface area contributed by atoms with Crippen LogP contribution in [0, 0.1) is 5.41 Å². The van der Waals surface area contributed by atoms with Gasteiger partial charge in [0.1, 0.15) is 5.60 Å². The van der Waals surface area contributed by atoms with E-state index in [-0.39, 0.29) is 17.0 Å². The Morgan fingerprint density at radius 1 is 1.25 bits per heavy atom. The van der Waals surface area contributed by atoms with Crippen LogP contribution in [0.15, 0.2) is 0 Å². The molecular weight excluding hydrogens is 204 g/mol. The summed E-state index contributed by atoms with van der Waals surface area (Å²) in [6.07, 6.45) is -0.269. The average Bonchev–Trinajstić information content (AvgIpc) is 2.17. The van der Waals surface area contributed by atoms with Gasteiger partial charge in [-0.05, 0) is 27.7 Å². The Labute approximate surface area is 98.1 Å². The van der Waals surface area contributed by atoms with Gasteiger partial charge < -0.3 is 15.4 Å². The number of nitrogens with zero attached hydrogens (tertiary/aromatic N) is 1. The van der Waals surface area contributed by atoms with E-state index in [0.29, 0.717) is 13.1 Å². The minimum absolute atomic E-state index is 0.0795. The first-order chi connectivity index (χ1) is 6.95. The van der Waals surface area contributed by atoms with Gasteiger partial charge in [0.05, 0.1) is 0 Å². The van der Waals surface area contributed by atoms with Crippen molar-refractivity contribution in [2.75, 3.05) is 13.1 Å². The number of amides is 1. The molecule has 4 nitrogen and oxygen atoms in total.